The second-order valence-electron chi connectivity index (χ2n) is 8.98. The Morgan fingerprint density at radius 3 is 2.49 bits per heavy atom. The molecule has 1 unspecified atom stereocenters. The summed E-state index contributed by atoms with van der Waals surface area (Å²) in [6.45, 7) is 1.98. The van der Waals surface area contributed by atoms with E-state index in [4.69, 9.17) is 4.74 Å². The number of para-hydroxylation sites is 1. The highest BCUT2D eigenvalue weighted by atomic mass is 32.2. The lowest BCUT2D eigenvalue weighted by Gasteiger charge is -2.23. The molecule has 1 aromatic heterocycles. The Hall–Kier alpha value is -2.40. The molecule has 5 rings (SSSR count). The number of carbonyl (C=O) groups excluding carboxylic acids is 1. The van der Waals surface area contributed by atoms with E-state index in [-0.39, 0.29) is 22.4 Å². The molecule has 186 valence electrons. The number of amides is 1. The number of halogens is 1. The van der Waals surface area contributed by atoms with E-state index in [1.54, 1.807) is 24.3 Å². The average molecular weight is 518 g/mol. The molecule has 0 spiro atoms. The quantitative estimate of drug-likeness (QED) is 0.468. The third kappa shape index (κ3) is 5.11. The molecule has 0 N–H and O–H groups in total. The fourth-order valence-electron chi connectivity index (χ4n) is 4.61. The molecule has 10 heteroatoms. The highest BCUT2D eigenvalue weighted by Crippen LogP contribution is 2.32. The number of anilines is 1. The zero-order valence-corrected chi connectivity index (χ0v) is 21.0. The first-order chi connectivity index (χ1) is 16.9. The van der Waals surface area contributed by atoms with Crippen LogP contribution in [-0.2, 0) is 14.8 Å². The summed E-state index contributed by atoms with van der Waals surface area (Å²) in [4.78, 5) is 19.7. The van der Waals surface area contributed by atoms with Crippen molar-refractivity contribution in [3.8, 4) is 0 Å². The third-order valence-corrected chi connectivity index (χ3v) is 9.51. The Morgan fingerprint density at radius 2 is 1.83 bits per heavy atom. The van der Waals surface area contributed by atoms with Gasteiger partial charge in [0.25, 0.3) is 5.91 Å². The van der Waals surface area contributed by atoms with Crippen LogP contribution >= 0.6 is 11.3 Å². The molecule has 35 heavy (non-hydrogen) atoms. The summed E-state index contributed by atoms with van der Waals surface area (Å²) in [5, 5.41) is 0.395. The van der Waals surface area contributed by atoms with Crippen LogP contribution in [0.1, 0.15) is 48.9 Å². The molecule has 0 saturated carbocycles. The normalized spacial score (nSPS) is 19.6. The number of hydrogen-bond donors (Lipinski definition) is 0. The van der Waals surface area contributed by atoms with Crippen molar-refractivity contribution < 1.29 is 22.3 Å². The smallest absolute Gasteiger partial charge is 0.260 e. The number of thiazole rings is 1. The van der Waals surface area contributed by atoms with Gasteiger partial charge in [0.05, 0.1) is 22.2 Å². The predicted octanol–water partition coefficient (Wildman–Crippen LogP) is 4.83. The summed E-state index contributed by atoms with van der Waals surface area (Å²) in [5.41, 5.74) is 0.578. The summed E-state index contributed by atoms with van der Waals surface area (Å²) >= 11 is 1.25. The van der Waals surface area contributed by atoms with E-state index >= 15 is 0 Å². The molecule has 2 aromatic carbocycles. The zero-order chi connectivity index (χ0) is 24.4. The lowest BCUT2D eigenvalue weighted by molar-refractivity contribution is 0.0917. The van der Waals surface area contributed by atoms with Gasteiger partial charge in [0.1, 0.15) is 11.3 Å². The largest absolute Gasteiger partial charge is 0.376 e. The molecule has 3 aromatic rings. The molecule has 7 nitrogen and oxygen atoms in total. The van der Waals surface area contributed by atoms with Crippen LogP contribution in [0.4, 0.5) is 9.52 Å². The number of nitrogens with zero attached hydrogens (tertiary/aromatic N) is 3. The Balaban J connectivity index is 1.43. The summed E-state index contributed by atoms with van der Waals surface area (Å²) in [6.07, 6.45) is 5.41. The van der Waals surface area contributed by atoms with Crippen molar-refractivity contribution in [2.24, 2.45) is 0 Å². The van der Waals surface area contributed by atoms with Gasteiger partial charge in [-0.1, -0.05) is 30.2 Å². The molecule has 2 aliphatic heterocycles. The van der Waals surface area contributed by atoms with Crippen LogP contribution in [0.25, 0.3) is 10.2 Å². The first-order valence-corrected chi connectivity index (χ1v) is 14.3. The van der Waals surface area contributed by atoms with Crippen molar-refractivity contribution in [3.05, 3.63) is 53.8 Å². The van der Waals surface area contributed by atoms with Gasteiger partial charge in [0, 0.05) is 25.3 Å². The Morgan fingerprint density at radius 1 is 1.09 bits per heavy atom. The van der Waals surface area contributed by atoms with Crippen molar-refractivity contribution in [2.75, 3.05) is 31.1 Å². The van der Waals surface area contributed by atoms with Crippen LogP contribution in [-0.4, -0.2) is 56.0 Å². The number of carbonyl (C=O) groups is 1. The molecular formula is C25H28FN3O4S2. The summed E-state index contributed by atoms with van der Waals surface area (Å²) in [5.74, 6) is -0.753. The molecule has 2 fully saturated rings. The fraction of sp³-hybridized carbons (Fsp3) is 0.440. The second kappa shape index (κ2) is 10.3. The van der Waals surface area contributed by atoms with E-state index in [1.165, 1.54) is 38.7 Å². The standard InChI is InChI=1S/C25H28FN3O4S2/c26-21-8-5-9-22-23(21)27-25(34-22)29(17-19-7-6-16-33-19)24(30)18-10-12-20(13-11-18)35(31,32)28-14-3-1-2-4-15-28/h5,8-13,19H,1-4,6-7,14-17H2. The molecule has 0 bridgehead atoms. The molecule has 3 heterocycles. The molecular weight excluding hydrogens is 489 g/mol. The average Bonchev–Trinajstić information content (AvgIpc) is 3.45. The van der Waals surface area contributed by atoms with Gasteiger partial charge in [-0.25, -0.2) is 17.8 Å². The monoisotopic (exact) mass is 517 g/mol. The number of benzene rings is 2. The lowest BCUT2D eigenvalue weighted by atomic mass is 10.2. The van der Waals surface area contributed by atoms with Crippen molar-refractivity contribution in [2.45, 2.75) is 49.5 Å². The Bertz CT molecular complexity index is 1300. The first-order valence-electron chi connectivity index (χ1n) is 12.0. The molecule has 0 aliphatic carbocycles. The number of ether oxygens (including phenoxy) is 1. The maximum atomic E-state index is 14.3. The number of hydrogen-bond acceptors (Lipinski definition) is 6. The van der Waals surface area contributed by atoms with E-state index in [0.29, 0.717) is 41.6 Å². The van der Waals surface area contributed by atoms with Crippen LogP contribution in [0, 0.1) is 5.82 Å². The van der Waals surface area contributed by atoms with Crippen molar-refractivity contribution in [1.29, 1.82) is 0 Å². The Labute approximate surface area is 208 Å². The van der Waals surface area contributed by atoms with Crippen molar-refractivity contribution in [3.63, 3.8) is 0 Å². The van der Waals surface area contributed by atoms with Gasteiger partial charge in [-0.2, -0.15) is 4.31 Å². The Kier molecular flexibility index (Phi) is 7.15. The first kappa shape index (κ1) is 24.3. The highest BCUT2D eigenvalue weighted by molar-refractivity contribution is 7.89. The molecule has 2 aliphatic rings. The van der Waals surface area contributed by atoms with Crippen LogP contribution in [0.3, 0.4) is 0 Å². The van der Waals surface area contributed by atoms with Gasteiger partial charge in [-0.05, 0) is 62.1 Å². The minimum Gasteiger partial charge on any atom is -0.376 e. The summed E-state index contributed by atoms with van der Waals surface area (Å²) in [6, 6.07) is 10.8. The second-order valence-corrected chi connectivity index (χ2v) is 11.9. The topological polar surface area (TPSA) is 79.8 Å². The third-order valence-electron chi connectivity index (χ3n) is 6.55. The number of rotatable bonds is 6. The summed E-state index contributed by atoms with van der Waals surface area (Å²) < 4.78 is 48.4. The highest BCUT2D eigenvalue weighted by Gasteiger charge is 2.29. The molecule has 1 atom stereocenters. The molecule has 0 radical (unpaired) electrons. The minimum atomic E-state index is -3.60. The molecule has 2 saturated heterocycles. The van der Waals surface area contributed by atoms with E-state index in [2.05, 4.69) is 4.98 Å². The van der Waals surface area contributed by atoms with Crippen molar-refractivity contribution >= 4 is 42.6 Å². The predicted molar refractivity (Wildman–Crippen MR) is 134 cm³/mol. The van der Waals surface area contributed by atoms with Crippen LogP contribution in [0.5, 0.6) is 0 Å². The minimum absolute atomic E-state index is 0.126. The number of fused-ring (bicyclic) bond motifs is 1. The zero-order valence-electron chi connectivity index (χ0n) is 19.4. The van der Waals surface area contributed by atoms with E-state index < -0.39 is 15.8 Å². The van der Waals surface area contributed by atoms with Crippen molar-refractivity contribution in [1.82, 2.24) is 9.29 Å². The van der Waals surface area contributed by atoms with E-state index in [0.717, 1.165) is 38.5 Å². The lowest BCUT2D eigenvalue weighted by Crippen LogP contribution is -2.37. The molecule has 1 amide bonds. The fourth-order valence-corrected chi connectivity index (χ4v) is 7.12. The van der Waals surface area contributed by atoms with Crippen LogP contribution in [0.15, 0.2) is 47.4 Å². The van der Waals surface area contributed by atoms with Gasteiger partial charge in [-0.15, -0.1) is 0 Å². The van der Waals surface area contributed by atoms with E-state index in [1.807, 2.05) is 0 Å². The van der Waals surface area contributed by atoms with E-state index in [9.17, 15) is 17.6 Å². The number of sulfonamides is 1. The van der Waals surface area contributed by atoms with Crippen LogP contribution < -0.4 is 4.90 Å². The maximum absolute atomic E-state index is 14.3. The van der Waals surface area contributed by atoms with Gasteiger partial charge < -0.3 is 4.74 Å². The van der Waals surface area contributed by atoms with Gasteiger partial charge in [0.15, 0.2) is 5.13 Å². The van der Waals surface area contributed by atoms with Gasteiger partial charge in [0.2, 0.25) is 10.0 Å². The summed E-state index contributed by atoms with van der Waals surface area (Å²) in [7, 11) is -3.60. The SMILES string of the molecule is O=C(c1ccc(S(=O)(=O)N2CCCCCC2)cc1)N(CC1CCCO1)c1nc2c(F)cccc2s1. The van der Waals surface area contributed by atoms with Crippen LogP contribution in [0.2, 0.25) is 0 Å². The maximum Gasteiger partial charge on any atom is 0.260 e. The van der Waals surface area contributed by atoms with Gasteiger partial charge >= 0.3 is 0 Å². The number of aromatic nitrogens is 1. The van der Waals surface area contributed by atoms with Gasteiger partial charge in [-0.3, -0.25) is 9.69 Å².